The van der Waals surface area contributed by atoms with Gasteiger partial charge in [-0.05, 0) is 53.9 Å². The van der Waals surface area contributed by atoms with Crippen LogP contribution in [0.2, 0.25) is 0 Å². The largest absolute Gasteiger partial charge is 0.466 e. The first-order valence-corrected chi connectivity index (χ1v) is 8.16. The van der Waals surface area contributed by atoms with E-state index in [1.165, 1.54) is 5.39 Å². The number of fused-ring (bicyclic) bond motifs is 1. The Kier molecular flexibility index (Phi) is 5.12. The highest BCUT2D eigenvalue weighted by Gasteiger charge is 2.04. The molecule has 0 fully saturated rings. The number of benzene rings is 3. The summed E-state index contributed by atoms with van der Waals surface area (Å²) in [4.78, 5) is 11.4. The maximum absolute atomic E-state index is 11.4. The molecule has 0 aliphatic heterocycles. The minimum atomic E-state index is -0.158. The molecule has 0 atom stereocenters. The van der Waals surface area contributed by atoms with E-state index in [2.05, 4.69) is 18.2 Å². The van der Waals surface area contributed by atoms with E-state index in [-0.39, 0.29) is 5.97 Å². The zero-order chi connectivity index (χ0) is 16.8. The molecule has 0 heterocycles. The molecule has 3 aromatic rings. The fourth-order valence-corrected chi connectivity index (χ4v) is 2.57. The molecular weight excluding hydrogens is 300 g/mol. The van der Waals surface area contributed by atoms with Crippen LogP contribution in [0.25, 0.3) is 10.8 Å². The Balaban J connectivity index is 1.63. The number of hydrogen-bond acceptors (Lipinski definition) is 3. The smallest absolute Gasteiger partial charge is 0.306 e. The van der Waals surface area contributed by atoms with Gasteiger partial charge >= 0.3 is 5.97 Å². The second-order valence-electron chi connectivity index (χ2n) is 5.56. The monoisotopic (exact) mass is 320 g/mol. The average Bonchev–Trinajstić information content (AvgIpc) is 2.61. The van der Waals surface area contributed by atoms with Crippen molar-refractivity contribution in [1.82, 2.24) is 0 Å². The van der Waals surface area contributed by atoms with Crippen LogP contribution in [0.1, 0.15) is 18.9 Å². The summed E-state index contributed by atoms with van der Waals surface area (Å²) in [6.45, 7) is 2.24. The van der Waals surface area contributed by atoms with E-state index in [0.717, 1.165) is 22.4 Å². The summed E-state index contributed by atoms with van der Waals surface area (Å²) in [5, 5.41) is 2.35. The van der Waals surface area contributed by atoms with E-state index in [4.69, 9.17) is 9.47 Å². The molecule has 0 bridgehead atoms. The molecule has 24 heavy (non-hydrogen) atoms. The predicted octanol–water partition coefficient (Wildman–Crippen LogP) is 5.13. The number of carbonyl (C=O) groups excluding carboxylic acids is 1. The van der Waals surface area contributed by atoms with Crippen LogP contribution in [-0.4, -0.2) is 12.6 Å². The van der Waals surface area contributed by atoms with Gasteiger partial charge in [-0.2, -0.15) is 0 Å². The highest BCUT2D eigenvalue weighted by Crippen LogP contribution is 2.26. The lowest BCUT2D eigenvalue weighted by Crippen LogP contribution is -2.05. The molecule has 0 amide bonds. The Morgan fingerprint density at radius 1 is 0.875 bits per heavy atom. The molecule has 0 saturated carbocycles. The van der Waals surface area contributed by atoms with Crippen LogP contribution in [0.15, 0.2) is 66.7 Å². The molecule has 3 aromatic carbocycles. The second kappa shape index (κ2) is 7.64. The number of rotatable bonds is 6. The highest BCUT2D eigenvalue weighted by molar-refractivity contribution is 5.83. The van der Waals surface area contributed by atoms with Crippen molar-refractivity contribution >= 4 is 16.7 Å². The SMILES string of the molecule is CCOC(=O)CCc1ccc(Oc2ccc3ccccc3c2)cc1. The van der Waals surface area contributed by atoms with Crippen LogP contribution in [0.5, 0.6) is 11.5 Å². The van der Waals surface area contributed by atoms with Gasteiger partial charge in [0.15, 0.2) is 0 Å². The molecule has 0 N–H and O–H groups in total. The van der Waals surface area contributed by atoms with Crippen LogP contribution in [-0.2, 0) is 16.0 Å². The Labute approximate surface area is 141 Å². The molecule has 0 spiro atoms. The van der Waals surface area contributed by atoms with Crippen LogP contribution < -0.4 is 4.74 Å². The first-order chi connectivity index (χ1) is 11.7. The minimum absolute atomic E-state index is 0.158. The molecule has 0 radical (unpaired) electrons. The van der Waals surface area contributed by atoms with Gasteiger partial charge in [0.1, 0.15) is 11.5 Å². The fourth-order valence-electron chi connectivity index (χ4n) is 2.57. The third-order valence-electron chi connectivity index (χ3n) is 3.80. The van der Waals surface area contributed by atoms with Gasteiger partial charge in [-0.15, -0.1) is 0 Å². The summed E-state index contributed by atoms with van der Waals surface area (Å²) in [7, 11) is 0. The normalized spacial score (nSPS) is 10.5. The quantitative estimate of drug-likeness (QED) is 0.591. The van der Waals surface area contributed by atoms with Gasteiger partial charge in [-0.1, -0.05) is 42.5 Å². The van der Waals surface area contributed by atoms with E-state index in [1.54, 1.807) is 0 Å². The highest BCUT2D eigenvalue weighted by atomic mass is 16.5. The van der Waals surface area contributed by atoms with Crippen molar-refractivity contribution in [3.63, 3.8) is 0 Å². The number of carbonyl (C=O) groups is 1. The van der Waals surface area contributed by atoms with E-state index < -0.39 is 0 Å². The summed E-state index contributed by atoms with van der Waals surface area (Å²) in [5.41, 5.74) is 1.09. The molecule has 0 aliphatic carbocycles. The molecule has 3 nitrogen and oxygen atoms in total. The zero-order valence-corrected chi connectivity index (χ0v) is 13.7. The lowest BCUT2D eigenvalue weighted by atomic mass is 10.1. The van der Waals surface area contributed by atoms with E-state index in [0.29, 0.717) is 19.4 Å². The van der Waals surface area contributed by atoms with Crippen LogP contribution in [0, 0.1) is 0 Å². The van der Waals surface area contributed by atoms with Gasteiger partial charge in [0.05, 0.1) is 6.61 Å². The molecule has 0 saturated heterocycles. The summed E-state index contributed by atoms with van der Waals surface area (Å²) in [6, 6.07) is 22.1. The summed E-state index contributed by atoms with van der Waals surface area (Å²) >= 11 is 0. The van der Waals surface area contributed by atoms with Crippen molar-refractivity contribution in [2.75, 3.05) is 6.61 Å². The summed E-state index contributed by atoms with van der Waals surface area (Å²) in [6.07, 6.45) is 1.08. The molecular formula is C21H20O3. The van der Waals surface area contributed by atoms with E-state index in [1.807, 2.05) is 55.5 Å². The summed E-state index contributed by atoms with van der Waals surface area (Å²) in [5.74, 6) is 1.44. The maximum Gasteiger partial charge on any atom is 0.306 e. The lowest BCUT2D eigenvalue weighted by Gasteiger charge is -2.08. The van der Waals surface area contributed by atoms with Crippen LogP contribution in [0.4, 0.5) is 0 Å². The van der Waals surface area contributed by atoms with E-state index in [9.17, 15) is 4.79 Å². The Hall–Kier alpha value is -2.81. The Morgan fingerprint density at radius 3 is 2.33 bits per heavy atom. The third kappa shape index (κ3) is 4.13. The molecule has 122 valence electrons. The lowest BCUT2D eigenvalue weighted by molar-refractivity contribution is -0.143. The van der Waals surface area contributed by atoms with Gasteiger partial charge in [0.25, 0.3) is 0 Å². The van der Waals surface area contributed by atoms with E-state index >= 15 is 0 Å². The first-order valence-electron chi connectivity index (χ1n) is 8.16. The van der Waals surface area contributed by atoms with Gasteiger partial charge in [0, 0.05) is 6.42 Å². The first kappa shape index (κ1) is 16.1. The number of aryl methyl sites for hydroxylation is 1. The number of hydrogen-bond donors (Lipinski definition) is 0. The molecule has 0 unspecified atom stereocenters. The van der Waals surface area contributed by atoms with Crippen molar-refractivity contribution in [2.45, 2.75) is 19.8 Å². The predicted molar refractivity (Wildman–Crippen MR) is 95.4 cm³/mol. The van der Waals surface area contributed by atoms with Crippen molar-refractivity contribution < 1.29 is 14.3 Å². The number of esters is 1. The maximum atomic E-state index is 11.4. The van der Waals surface area contributed by atoms with Gasteiger partial charge in [0.2, 0.25) is 0 Å². The molecule has 3 rings (SSSR count). The summed E-state index contributed by atoms with van der Waals surface area (Å²) < 4.78 is 10.9. The van der Waals surface area contributed by atoms with Crippen molar-refractivity contribution in [3.8, 4) is 11.5 Å². The molecule has 0 aliphatic rings. The second-order valence-corrected chi connectivity index (χ2v) is 5.56. The standard InChI is InChI=1S/C21H20O3/c1-2-23-21(22)14-9-16-7-11-19(12-8-16)24-20-13-10-17-5-3-4-6-18(17)15-20/h3-8,10-13,15H,2,9,14H2,1H3. The molecule has 3 heteroatoms. The van der Waals surface area contributed by atoms with Crippen molar-refractivity contribution in [3.05, 3.63) is 72.3 Å². The number of ether oxygens (including phenoxy) is 2. The van der Waals surface area contributed by atoms with Gasteiger partial charge < -0.3 is 9.47 Å². The fraction of sp³-hybridized carbons (Fsp3) is 0.190. The Morgan fingerprint density at radius 2 is 1.58 bits per heavy atom. The van der Waals surface area contributed by atoms with Crippen LogP contribution in [0.3, 0.4) is 0 Å². The minimum Gasteiger partial charge on any atom is -0.466 e. The molecule has 0 aromatic heterocycles. The average molecular weight is 320 g/mol. The van der Waals surface area contributed by atoms with Gasteiger partial charge in [-0.25, -0.2) is 0 Å². The third-order valence-corrected chi connectivity index (χ3v) is 3.80. The van der Waals surface area contributed by atoms with Gasteiger partial charge in [-0.3, -0.25) is 4.79 Å². The topological polar surface area (TPSA) is 35.5 Å². The van der Waals surface area contributed by atoms with Crippen molar-refractivity contribution in [1.29, 1.82) is 0 Å². The zero-order valence-electron chi connectivity index (χ0n) is 13.7. The van der Waals surface area contributed by atoms with Crippen LogP contribution >= 0.6 is 0 Å². The van der Waals surface area contributed by atoms with Crippen molar-refractivity contribution in [2.24, 2.45) is 0 Å². The Bertz CT molecular complexity index is 822.